The first-order valence-electron chi connectivity index (χ1n) is 7.50. The van der Waals surface area contributed by atoms with E-state index in [1.807, 2.05) is 54.6 Å². The Hall–Kier alpha value is -3.58. The summed E-state index contributed by atoms with van der Waals surface area (Å²) in [6.07, 6.45) is 0. The van der Waals surface area contributed by atoms with Gasteiger partial charge < -0.3 is 10.2 Å². The monoisotopic (exact) mass is 311 g/mol. The molecule has 0 atom stereocenters. The summed E-state index contributed by atoms with van der Waals surface area (Å²) in [4.78, 5) is 4.49. The third kappa shape index (κ3) is 2.49. The summed E-state index contributed by atoms with van der Waals surface area (Å²) in [5.41, 5.74) is 11.6. The summed E-state index contributed by atoms with van der Waals surface area (Å²) < 4.78 is 5.78. The zero-order valence-corrected chi connectivity index (χ0v) is 12.7. The Morgan fingerprint density at radius 1 is 0.833 bits per heavy atom. The Labute approximate surface area is 138 Å². The Bertz CT molecular complexity index is 1050. The number of rotatable bonds is 2. The van der Waals surface area contributed by atoms with Crippen molar-refractivity contribution < 1.29 is 4.42 Å². The third-order valence-corrected chi connectivity index (χ3v) is 3.89. The molecule has 4 rings (SSSR count). The summed E-state index contributed by atoms with van der Waals surface area (Å²) in [5, 5.41) is 8.86. The molecule has 0 bridgehead atoms. The molecule has 4 heteroatoms. The normalized spacial score (nSPS) is 10.6. The molecule has 1 heterocycles. The van der Waals surface area contributed by atoms with Gasteiger partial charge in [0.1, 0.15) is 5.52 Å². The molecule has 3 aromatic carbocycles. The van der Waals surface area contributed by atoms with Gasteiger partial charge in [0.25, 0.3) is 0 Å². The third-order valence-electron chi connectivity index (χ3n) is 3.89. The van der Waals surface area contributed by atoms with Crippen molar-refractivity contribution >= 4 is 16.8 Å². The van der Waals surface area contributed by atoms with Crippen LogP contribution in [0.5, 0.6) is 0 Å². The van der Waals surface area contributed by atoms with Crippen molar-refractivity contribution in [2.75, 3.05) is 5.73 Å². The molecule has 0 saturated heterocycles. The van der Waals surface area contributed by atoms with Gasteiger partial charge in [-0.2, -0.15) is 5.26 Å². The lowest BCUT2D eigenvalue weighted by Gasteiger charge is -2.02. The van der Waals surface area contributed by atoms with Crippen LogP contribution in [0, 0.1) is 11.3 Å². The fraction of sp³-hybridized carbons (Fsp3) is 0. The van der Waals surface area contributed by atoms with E-state index < -0.39 is 0 Å². The van der Waals surface area contributed by atoms with Crippen molar-refractivity contribution in [1.82, 2.24) is 4.98 Å². The lowest BCUT2D eigenvalue weighted by Crippen LogP contribution is -1.82. The Balaban J connectivity index is 1.68. The van der Waals surface area contributed by atoms with Crippen LogP contribution >= 0.6 is 0 Å². The van der Waals surface area contributed by atoms with E-state index in [0.717, 1.165) is 27.8 Å². The van der Waals surface area contributed by atoms with E-state index in [2.05, 4.69) is 11.1 Å². The Morgan fingerprint density at radius 2 is 1.46 bits per heavy atom. The molecule has 0 aliphatic carbocycles. The van der Waals surface area contributed by atoms with Gasteiger partial charge in [-0.25, -0.2) is 4.98 Å². The second-order valence-corrected chi connectivity index (χ2v) is 5.51. The van der Waals surface area contributed by atoms with Crippen LogP contribution in [-0.2, 0) is 0 Å². The molecule has 0 radical (unpaired) electrons. The van der Waals surface area contributed by atoms with E-state index >= 15 is 0 Å². The Kier molecular flexibility index (Phi) is 3.25. The smallest absolute Gasteiger partial charge is 0.227 e. The number of benzene rings is 3. The van der Waals surface area contributed by atoms with Gasteiger partial charge in [-0.1, -0.05) is 24.3 Å². The SMILES string of the molecule is N#Cc1ccc(-c2ccc(-c3nc4cc(N)ccc4o3)cc2)cc1. The summed E-state index contributed by atoms with van der Waals surface area (Å²) in [6, 6.07) is 23.0. The summed E-state index contributed by atoms with van der Waals surface area (Å²) in [6.45, 7) is 0. The van der Waals surface area contributed by atoms with Gasteiger partial charge in [-0.3, -0.25) is 0 Å². The first-order valence-corrected chi connectivity index (χ1v) is 7.50. The highest BCUT2D eigenvalue weighted by Gasteiger charge is 2.08. The average Bonchev–Trinajstić information content (AvgIpc) is 3.05. The predicted octanol–water partition coefficient (Wildman–Crippen LogP) is 4.62. The minimum atomic E-state index is 0.571. The lowest BCUT2D eigenvalue weighted by molar-refractivity contribution is 0.620. The molecule has 0 amide bonds. The number of anilines is 1. The van der Waals surface area contributed by atoms with E-state index in [0.29, 0.717) is 17.1 Å². The highest BCUT2D eigenvalue weighted by atomic mass is 16.3. The molecule has 4 nitrogen and oxygen atoms in total. The standard InChI is InChI=1S/C20H13N3O/c21-12-13-1-3-14(4-2-13)15-5-7-16(8-6-15)20-23-18-11-17(22)9-10-19(18)24-20/h1-11H,22H2. The second kappa shape index (κ2) is 5.56. The van der Waals surface area contributed by atoms with Crippen molar-refractivity contribution in [1.29, 1.82) is 5.26 Å². The van der Waals surface area contributed by atoms with Crippen molar-refractivity contribution in [2.45, 2.75) is 0 Å². The quantitative estimate of drug-likeness (QED) is 0.548. The topological polar surface area (TPSA) is 75.8 Å². The molecule has 0 aliphatic heterocycles. The highest BCUT2D eigenvalue weighted by molar-refractivity contribution is 5.79. The van der Waals surface area contributed by atoms with Crippen LogP contribution < -0.4 is 5.73 Å². The van der Waals surface area contributed by atoms with Gasteiger partial charge in [0.15, 0.2) is 5.58 Å². The van der Waals surface area contributed by atoms with Crippen molar-refractivity contribution in [3.05, 3.63) is 72.3 Å². The number of oxazole rings is 1. The number of nitrogens with zero attached hydrogens (tertiary/aromatic N) is 2. The van der Waals surface area contributed by atoms with Crippen LogP contribution in [0.2, 0.25) is 0 Å². The van der Waals surface area contributed by atoms with Crippen LogP contribution in [-0.4, -0.2) is 4.98 Å². The summed E-state index contributed by atoms with van der Waals surface area (Å²) in [7, 11) is 0. The van der Waals surface area contributed by atoms with E-state index in [4.69, 9.17) is 15.4 Å². The molecule has 0 saturated carbocycles. The van der Waals surface area contributed by atoms with Gasteiger partial charge in [-0.15, -0.1) is 0 Å². The second-order valence-electron chi connectivity index (χ2n) is 5.51. The van der Waals surface area contributed by atoms with Crippen molar-refractivity contribution in [3.63, 3.8) is 0 Å². The molecule has 4 aromatic rings. The van der Waals surface area contributed by atoms with Gasteiger partial charge in [-0.05, 0) is 53.6 Å². The summed E-state index contributed by atoms with van der Waals surface area (Å²) >= 11 is 0. The first-order chi connectivity index (χ1) is 11.7. The van der Waals surface area contributed by atoms with E-state index in [9.17, 15) is 0 Å². The van der Waals surface area contributed by atoms with E-state index in [-0.39, 0.29) is 0 Å². The number of hydrogen-bond donors (Lipinski definition) is 1. The molecule has 0 unspecified atom stereocenters. The molecular weight excluding hydrogens is 298 g/mol. The molecule has 0 aliphatic rings. The molecule has 0 fully saturated rings. The van der Waals surface area contributed by atoms with Crippen molar-refractivity contribution in [2.24, 2.45) is 0 Å². The fourth-order valence-corrected chi connectivity index (χ4v) is 2.61. The molecule has 24 heavy (non-hydrogen) atoms. The van der Waals surface area contributed by atoms with E-state index in [1.54, 1.807) is 12.1 Å². The number of fused-ring (bicyclic) bond motifs is 1. The predicted molar refractivity (Wildman–Crippen MR) is 94.0 cm³/mol. The Morgan fingerprint density at radius 3 is 2.12 bits per heavy atom. The molecule has 2 N–H and O–H groups in total. The lowest BCUT2D eigenvalue weighted by atomic mass is 10.0. The molecule has 1 aromatic heterocycles. The fourth-order valence-electron chi connectivity index (χ4n) is 2.61. The molecule has 0 spiro atoms. The van der Waals surface area contributed by atoms with Gasteiger partial charge in [0.2, 0.25) is 5.89 Å². The van der Waals surface area contributed by atoms with Gasteiger partial charge in [0, 0.05) is 11.3 Å². The molecule has 114 valence electrons. The zero-order chi connectivity index (χ0) is 16.5. The largest absolute Gasteiger partial charge is 0.436 e. The van der Waals surface area contributed by atoms with Crippen LogP contribution in [0.15, 0.2) is 71.1 Å². The number of nitrogens with two attached hydrogens (primary N) is 1. The van der Waals surface area contributed by atoms with Gasteiger partial charge in [0.05, 0.1) is 11.6 Å². The zero-order valence-electron chi connectivity index (χ0n) is 12.7. The maximum absolute atomic E-state index is 8.86. The van der Waals surface area contributed by atoms with Crippen LogP contribution in [0.1, 0.15) is 5.56 Å². The first kappa shape index (κ1) is 14.0. The number of aromatic nitrogens is 1. The number of nitriles is 1. The maximum Gasteiger partial charge on any atom is 0.227 e. The minimum Gasteiger partial charge on any atom is -0.436 e. The summed E-state index contributed by atoms with van der Waals surface area (Å²) in [5.74, 6) is 0.571. The van der Waals surface area contributed by atoms with Crippen LogP contribution in [0.4, 0.5) is 5.69 Å². The number of hydrogen-bond acceptors (Lipinski definition) is 4. The average molecular weight is 311 g/mol. The number of nitrogen functional groups attached to an aromatic ring is 1. The maximum atomic E-state index is 8.86. The minimum absolute atomic E-state index is 0.571. The van der Waals surface area contributed by atoms with Crippen LogP contribution in [0.3, 0.4) is 0 Å². The van der Waals surface area contributed by atoms with Crippen molar-refractivity contribution in [3.8, 4) is 28.7 Å². The highest BCUT2D eigenvalue weighted by Crippen LogP contribution is 2.28. The van der Waals surface area contributed by atoms with Crippen LogP contribution in [0.25, 0.3) is 33.7 Å². The molecular formula is C20H13N3O. The van der Waals surface area contributed by atoms with Gasteiger partial charge >= 0.3 is 0 Å². The van der Waals surface area contributed by atoms with E-state index in [1.165, 1.54) is 0 Å².